The first-order valence-electron chi connectivity index (χ1n) is 10.9. The molecule has 1 unspecified atom stereocenters. The van der Waals surface area contributed by atoms with E-state index in [2.05, 4.69) is 80.0 Å². The Kier molecular flexibility index (Phi) is 5.64. The number of benzene rings is 2. The van der Waals surface area contributed by atoms with Gasteiger partial charge in [0, 0.05) is 42.8 Å². The van der Waals surface area contributed by atoms with Gasteiger partial charge >= 0.3 is 0 Å². The summed E-state index contributed by atoms with van der Waals surface area (Å²) in [7, 11) is 0. The van der Waals surface area contributed by atoms with Crippen molar-refractivity contribution >= 4 is 23.3 Å². The Hall–Kier alpha value is -2.33. The van der Waals surface area contributed by atoms with E-state index in [4.69, 9.17) is 9.73 Å². The number of anilines is 2. The van der Waals surface area contributed by atoms with Crippen molar-refractivity contribution in [3.63, 3.8) is 0 Å². The van der Waals surface area contributed by atoms with Gasteiger partial charge < -0.3 is 14.5 Å². The van der Waals surface area contributed by atoms with Crippen LogP contribution in [0, 0.1) is 0 Å². The summed E-state index contributed by atoms with van der Waals surface area (Å²) in [4.78, 5) is 9.62. The van der Waals surface area contributed by atoms with Crippen molar-refractivity contribution in [3.05, 3.63) is 53.6 Å². The highest BCUT2D eigenvalue weighted by atomic mass is 16.5. The molecule has 0 saturated carbocycles. The molecule has 1 fully saturated rings. The number of morpholine rings is 1. The summed E-state index contributed by atoms with van der Waals surface area (Å²) in [5.74, 6) is 0.559. The van der Waals surface area contributed by atoms with E-state index in [1.807, 2.05) is 6.21 Å². The van der Waals surface area contributed by atoms with Crippen molar-refractivity contribution in [1.29, 1.82) is 0 Å². The number of hydrogen-bond donors (Lipinski definition) is 0. The SMILES string of the molecule is CCN1c2ccc(C=Nc3ccc(N4CCOCC4)cc3)cc2C(C)CC1(C)C. The van der Waals surface area contributed by atoms with E-state index in [1.165, 1.54) is 28.9 Å². The molecule has 4 heteroatoms. The van der Waals surface area contributed by atoms with E-state index in [0.29, 0.717) is 5.92 Å². The second kappa shape index (κ2) is 8.19. The molecule has 2 aromatic rings. The molecule has 4 nitrogen and oxygen atoms in total. The predicted molar refractivity (Wildman–Crippen MR) is 123 cm³/mol. The lowest BCUT2D eigenvalue weighted by atomic mass is 9.79. The van der Waals surface area contributed by atoms with Crippen LogP contribution in [0.1, 0.15) is 51.2 Å². The van der Waals surface area contributed by atoms with E-state index < -0.39 is 0 Å². The van der Waals surface area contributed by atoms with Gasteiger partial charge in [-0.25, -0.2) is 0 Å². The van der Waals surface area contributed by atoms with Gasteiger partial charge in [0.2, 0.25) is 0 Å². The van der Waals surface area contributed by atoms with Crippen LogP contribution in [0.25, 0.3) is 0 Å². The van der Waals surface area contributed by atoms with Gasteiger partial charge in [-0.1, -0.05) is 13.0 Å². The lowest BCUT2D eigenvalue weighted by Crippen LogP contribution is -2.48. The lowest BCUT2D eigenvalue weighted by Gasteiger charge is -2.47. The minimum atomic E-state index is 0.207. The largest absolute Gasteiger partial charge is 0.378 e. The van der Waals surface area contributed by atoms with Gasteiger partial charge in [-0.05, 0) is 80.6 Å². The fourth-order valence-electron chi connectivity index (χ4n) is 4.91. The number of fused-ring (bicyclic) bond motifs is 1. The van der Waals surface area contributed by atoms with Gasteiger partial charge in [-0.15, -0.1) is 0 Å². The second-order valence-corrected chi connectivity index (χ2v) is 8.85. The van der Waals surface area contributed by atoms with E-state index in [-0.39, 0.29) is 5.54 Å². The van der Waals surface area contributed by atoms with Crippen LogP contribution in [-0.4, -0.2) is 44.6 Å². The zero-order valence-corrected chi connectivity index (χ0v) is 18.2. The average molecular weight is 392 g/mol. The topological polar surface area (TPSA) is 28.1 Å². The summed E-state index contributed by atoms with van der Waals surface area (Å²) >= 11 is 0. The van der Waals surface area contributed by atoms with Crippen molar-refractivity contribution in [2.45, 2.75) is 45.6 Å². The summed E-state index contributed by atoms with van der Waals surface area (Å²) in [6.45, 7) is 13.9. The van der Waals surface area contributed by atoms with Crippen LogP contribution >= 0.6 is 0 Å². The maximum atomic E-state index is 5.44. The third kappa shape index (κ3) is 4.18. The summed E-state index contributed by atoms with van der Waals surface area (Å²) in [6.07, 6.45) is 3.17. The number of rotatable bonds is 4. The predicted octanol–water partition coefficient (Wildman–Crippen LogP) is 5.39. The molecule has 0 amide bonds. The monoisotopic (exact) mass is 391 g/mol. The Morgan fingerprint density at radius 1 is 1.10 bits per heavy atom. The highest BCUT2D eigenvalue weighted by Gasteiger charge is 2.35. The highest BCUT2D eigenvalue weighted by molar-refractivity contribution is 5.84. The van der Waals surface area contributed by atoms with Gasteiger partial charge in [0.25, 0.3) is 0 Å². The van der Waals surface area contributed by atoms with Crippen LogP contribution in [0.4, 0.5) is 17.1 Å². The molecule has 2 aliphatic heterocycles. The molecule has 1 saturated heterocycles. The molecule has 154 valence electrons. The fraction of sp³-hybridized carbons (Fsp3) is 0.480. The van der Waals surface area contributed by atoms with Crippen molar-refractivity contribution in [1.82, 2.24) is 0 Å². The number of ether oxygens (including phenoxy) is 1. The molecular weight excluding hydrogens is 358 g/mol. The van der Waals surface area contributed by atoms with E-state index in [9.17, 15) is 0 Å². The number of hydrogen-bond acceptors (Lipinski definition) is 4. The molecule has 4 rings (SSSR count). The van der Waals surface area contributed by atoms with Crippen LogP contribution in [0.15, 0.2) is 47.5 Å². The maximum Gasteiger partial charge on any atom is 0.0642 e. The van der Waals surface area contributed by atoms with Gasteiger partial charge in [0.1, 0.15) is 0 Å². The first-order valence-corrected chi connectivity index (χ1v) is 10.9. The molecular formula is C25H33N3O. The molecule has 0 aromatic heterocycles. The molecule has 2 heterocycles. The zero-order chi connectivity index (χ0) is 20.4. The molecule has 0 spiro atoms. The molecule has 2 aliphatic rings. The minimum absolute atomic E-state index is 0.207. The van der Waals surface area contributed by atoms with Crippen LogP contribution in [0.3, 0.4) is 0 Å². The van der Waals surface area contributed by atoms with E-state index >= 15 is 0 Å². The standard InChI is InChI=1S/C25H33N3O/c1-5-28-24-11-6-20(16-23(24)19(2)17-25(28,3)4)18-26-21-7-9-22(10-8-21)27-12-14-29-15-13-27/h6-11,16,18-19H,5,12-15,17H2,1-4H3. The minimum Gasteiger partial charge on any atom is -0.378 e. The van der Waals surface area contributed by atoms with E-state index in [1.54, 1.807) is 0 Å². The highest BCUT2D eigenvalue weighted by Crippen LogP contribution is 2.43. The lowest BCUT2D eigenvalue weighted by molar-refractivity contribution is 0.122. The number of nitrogens with zero attached hydrogens (tertiary/aromatic N) is 3. The molecule has 0 aliphatic carbocycles. The summed E-state index contributed by atoms with van der Waals surface area (Å²) in [5.41, 5.74) is 6.44. The van der Waals surface area contributed by atoms with Crippen LogP contribution in [-0.2, 0) is 4.74 Å². The quantitative estimate of drug-likeness (QED) is 0.655. The van der Waals surface area contributed by atoms with Crippen LogP contribution in [0.2, 0.25) is 0 Å². The second-order valence-electron chi connectivity index (χ2n) is 8.85. The number of aliphatic imine (C=N–C) groups is 1. The van der Waals surface area contributed by atoms with Crippen molar-refractivity contribution < 1.29 is 4.74 Å². The Morgan fingerprint density at radius 3 is 2.52 bits per heavy atom. The molecule has 0 radical (unpaired) electrons. The molecule has 2 aromatic carbocycles. The summed E-state index contributed by atoms with van der Waals surface area (Å²) < 4.78 is 5.44. The Balaban J connectivity index is 1.51. The van der Waals surface area contributed by atoms with Crippen LogP contribution in [0.5, 0.6) is 0 Å². The molecule has 1 atom stereocenters. The smallest absolute Gasteiger partial charge is 0.0642 e. The average Bonchev–Trinajstić information content (AvgIpc) is 2.73. The first kappa shape index (κ1) is 20.0. The summed E-state index contributed by atoms with van der Waals surface area (Å²) in [6, 6.07) is 15.3. The molecule has 0 bridgehead atoms. The molecule has 29 heavy (non-hydrogen) atoms. The van der Waals surface area contributed by atoms with Crippen molar-refractivity contribution in [2.75, 3.05) is 42.6 Å². The zero-order valence-electron chi connectivity index (χ0n) is 18.2. The fourth-order valence-corrected chi connectivity index (χ4v) is 4.91. The third-order valence-corrected chi connectivity index (χ3v) is 6.31. The first-order chi connectivity index (χ1) is 14.0. The summed E-state index contributed by atoms with van der Waals surface area (Å²) in [5, 5.41) is 0. The Bertz CT molecular complexity index is 866. The van der Waals surface area contributed by atoms with Gasteiger partial charge in [0.15, 0.2) is 0 Å². The van der Waals surface area contributed by atoms with Crippen molar-refractivity contribution in [3.8, 4) is 0 Å². The Morgan fingerprint density at radius 2 is 1.83 bits per heavy atom. The van der Waals surface area contributed by atoms with E-state index in [0.717, 1.165) is 38.5 Å². The van der Waals surface area contributed by atoms with Gasteiger partial charge in [-0.2, -0.15) is 0 Å². The molecule has 0 N–H and O–H groups in total. The third-order valence-electron chi connectivity index (χ3n) is 6.31. The van der Waals surface area contributed by atoms with Gasteiger partial charge in [0.05, 0.1) is 18.9 Å². The Labute approximate surface area is 175 Å². The van der Waals surface area contributed by atoms with Gasteiger partial charge in [-0.3, -0.25) is 4.99 Å². The normalized spacial score (nSPS) is 21.4. The van der Waals surface area contributed by atoms with Crippen molar-refractivity contribution in [2.24, 2.45) is 4.99 Å². The van der Waals surface area contributed by atoms with Crippen LogP contribution < -0.4 is 9.80 Å². The maximum absolute atomic E-state index is 5.44.